The van der Waals surface area contributed by atoms with Gasteiger partial charge in [-0.25, -0.2) is 0 Å². The lowest BCUT2D eigenvalue weighted by molar-refractivity contribution is 0.377. The topological polar surface area (TPSA) is 12.0 Å². The van der Waals surface area contributed by atoms with E-state index in [2.05, 4.69) is 26.2 Å². The predicted octanol–water partition coefficient (Wildman–Crippen LogP) is 2.45. The van der Waals surface area contributed by atoms with Crippen LogP contribution in [0.25, 0.3) is 0 Å². The molecule has 1 fully saturated rings. The van der Waals surface area contributed by atoms with Gasteiger partial charge in [0.15, 0.2) is 0 Å². The van der Waals surface area contributed by atoms with Crippen molar-refractivity contribution in [1.82, 2.24) is 5.32 Å². The van der Waals surface area contributed by atoms with Crippen LogP contribution in [0.2, 0.25) is 0 Å². The summed E-state index contributed by atoms with van der Waals surface area (Å²) in [5.41, 5.74) is 0.711. The van der Waals surface area contributed by atoms with Crippen LogP contribution in [-0.4, -0.2) is 13.6 Å². The molecule has 0 radical (unpaired) electrons. The summed E-state index contributed by atoms with van der Waals surface area (Å²) in [7, 11) is 2.06. The fraction of sp³-hybridized carbons (Fsp3) is 1.00. The third kappa shape index (κ3) is 3.44. The first-order chi connectivity index (χ1) is 4.68. The van der Waals surface area contributed by atoms with Gasteiger partial charge in [-0.05, 0) is 37.6 Å². The zero-order valence-corrected chi connectivity index (χ0v) is 8.63. The Morgan fingerprint density at radius 2 is 1.91 bits per heavy atom. The molecule has 1 nitrogen and oxygen atoms in total. The van der Waals surface area contributed by atoms with Crippen LogP contribution in [0.15, 0.2) is 0 Å². The van der Waals surface area contributed by atoms with Crippen molar-refractivity contribution in [2.24, 2.45) is 11.3 Å². The maximum Gasteiger partial charge on any atom is 0.000491 e. The molecule has 0 saturated heterocycles. The van der Waals surface area contributed by atoms with Crippen LogP contribution in [0.1, 0.15) is 33.1 Å². The van der Waals surface area contributed by atoms with E-state index in [4.69, 9.17) is 0 Å². The maximum absolute atomic E-state index is 3.28. The Kier molecular flexibility index (Phi) is 4.42. The summed E-state index contributed by atoms with van der Waals surface area (Å²) in [6.45, 7) is 5.86. The lowest BCUT2D eigenvalue weighted by atomic mass is 9.94. The van der Waals surface area contributed by atoms with Gasteiger partial charge in [0.05, 0.1) is 0 Å². The minimum absolute atomic E-state index is 0. The van der Waals surface area contributed by atoms with Gasteiger partial charge in [-0.3, -0.25) is 0 Å². The number of nitrogens with one attached hydrogen (secondary N) is 1. The van der Waals surface area contributed by atoms with Crippen molar-refractivity contribution in [3.05, 3.63) is 0 Å². The third-order valence-corrected chi connectivity index (χ3v) is 2.35. The van der Waals surface area contributed by atoms with Gasteiger partial charge in [-0.15, -0.1) is 12.4 Å². The highest BCUT2D eigenvalue weighted by Crippen LogP contribution is 2.49. The summed E-state index contributed by atoms with van der Waals surface area (Å²) in [5.74, 6) is 0.871. The van der Waals surface area contributed by atoms with E-state index in [0.29, 0.717) is 5.41 Å². The zero-order valence-electron chi connectivity index (χ0n) is 7.81. The van der Waals surface area contributed by atoms with Crippen LogP contribution in [0, 0.1) is 11.3 Å². The van der Waals surface area contributed by atoms with Crippen LogP contribution in [0.4, 0.5) is 0 Å². The highest BCUT2D eigenvalue weighted by molar-refractivity contribution is 5.85. The van der Waals surface area contributed by atoms with Gasteiger partial charge < -0.3 is 5.32 Å². The highest BCUT2D eigenvalue weighted by atomic mass is 35.5. The van der Waals surface area contributed by atoms with E-state index in [1.807, 2.05) is 0 Å². The van der Waals surface area contributed by atoms with E-state index in [-0.39, 0.29) is 12.4 Å². The van der Waals surface area contributed by atoms with Crippen molar-refractivity contribution in [1.29, 1.82) is 0 Å². The second kappa shape index (κ2) is 4.32. The van der Waals surface area contributed by atoms with E-state index in [9.17, 15) is 0 Å². The molecule has 0 aromatic heterocycles. The molecule has 2 heteroatoms. The van der Waals surface area contributed by atoms with E-state index < -0.39 is 0 Å². The maximum atomic E-state index is 3.28. The van der Waals surface area contributed by atoms with Gasteiger partial charge >= 0.3 is 0 Å². The van der Waals surface area contributed by atoms with Gasteiger partial charge in [0, 0.05) is 6.54 Å². The normalized spacial score (nSPS) is 19.6. The second-order valence-electron chi connectivity index (χ2n) is 4.13. The lowest BCUT2D eigenvalue weighted by Crippen LogP contribution is -2.21. The summed E-state index contributed by atoms with van der Waals surface area (Å²) in [6, 6.07) is 0. The van der Waals surface area contributed by atoms with Crippen LogP contribution < -0.4 is 5.32 Å². The first-order valence-corrected chi connectivity index (χ1v) is 4.33. The molecule has 1 aliphatic carbocycles. The fourth-order valence-corrected chi connectivity index (χ4v) is 1.87. The lowest BCUT2D eigenvalue weighted by Gasteiger charge is -2.16. The standard InChI is InChI=1S/C9H19N.ClH/c1-8(2)6-9(4-5-9)7-10-3;/h8,10H,4-7H2,1-3H3;1H. The summed E-state index contributed by atoms with van der Waals surface area (Å²) >= 11 is 0. The molecule has 1 N–H and O–H groups in total. The van der Waals surface area contributed by atoms with Crippen LogP contribution >= 0.6 is 12.4 Å². The second-order valence-corrected chi connectivity index (χ2v) is 4.13. The molecule has 0 amide bonds. The molecule has 0 spiro atoms. The molecule has 0 aromatic rings. The van der Waals surface area contributed by atoms with Crippen molar-refractivity contribution in [3.8, 4) is 0 Å². The Morgan fingerprint density at radius 3 is 2.18 bits per heavy atom. The van der Waals surface area contributed by atoms with Crippen molar-refractivity contribution in [2.75, 3.05) is 13.6 Å². The largest absolute Gasteiger partial charge is 0.319 e. The summed E-state index contributed by atoms with van der Waals surface area (Å²) in [5, 5.41) is 3.28. The molecule has 1 saturated carbocycles. The van der Waals surface area contributed by atoms with E-state index in [1.165, 1.54) is 25.8 Å². The van der Waals surface area contributed by atoms with Crippen LogP contribution in [0.5, 0.6) is 0 Å². The summed E-state index contributed by atoms with van der Waals surface area (Å²) in [6.07, 6.45) is 4.31. The van der Waals surface area contributed by atoms with Crippen LogP contribution in [0.3, 0.4) is 0 Å². The minimum atomic E-state index is 0. The average Bonchev–Trinajstić information content (AvgIpc) is 2.47. The number of hydrogen-bond acceptors (Lipinski definition) is 1. The summed E-state index contributed by atoms with van der Waals surface area (Å²) in [4.78, 5) is 0. The zero-order chi connectivity index (χ0) is 7.61. The first-order valence-electron chi connectivity index (χ1n) is 4.33. The molecule has 0 bridgehead atoms. The average molecular weight is 178 g/mol. The molecule has 0 atom stereocenters. The van der Waals surface area contributed by atoms with Gasteiger partial charge in [0.25, 0.3) is 0 Å². The summed E-state index contributed by atoms with van der Waals surface area (Å²) < 4.78 is 0. The van der Waals surface area contributed by atoms with E-state index in [1.54, 1.807) is 0 Å². The Bertz CT molecular complexity index is 108. The molecule has 1 aliphatic rings. The number of halogens is 1. The quantitative estimate of drug-likeness (QED) is 0.696. The number of rotatable bonds is 4. The molecular formula is C9H20ClN. The highest BCUT2D eigenvalue weighted by Gasteiger charge is 2.41. The van der Waals surface area contributed by atoms with Gasteiger partial charge in [0.1, 0.15) is 0 Å². The van der Waals surface area contributed by atoms with Crippen molar-refractivity contribution < 1.29 is 0 Å². The molecule has 0 aliphatic heterocycles. The Labute approximate surface area is 76.4 Å². The number of hydrogen-bond donors (Lipinski definition) is 1. The van der Waals surface area contributed by atoms with E-state index >= 15 is 0 Å². The molecule has 11 heavy (non-hydrogen) atoms. The van der Waals surface area contributed by atoms with Crippen molar-refractivity contribution in [2.45, 2.75) is 33.1 Å². The predicted molar refractivity (Wildman–Crippen MR) is 52.3 cm³/mol. The van der Waals surface area contributed by atoms with Crippen molar-refractivity contribution in [3.63, 3.8) is 0 Å². The van der Waals surface area contributed by atoms with E-state index in [0.717, 1.165) is 5.92 Å². The molecule has 0 heterocycles. The molecule has 68 valence electrons. The van der Waals surface area contributed by atoms with Gasteiger partial charge in [-0.2, -0.15) is 0 Å². The molecule has 0 unspecified atom stereocenters. The SMILES string of the molecule is CNCC1(CC(C)C)CC1.Cl. The molecular weight excluding hydrogens is 158 g/mol. The molecule has 1 rings (SSSR count). The van der Waals surface area contributed by atoms with Gasteiger partial charge in [-0.1, -0.05) is 13.8 Å². The Balaban J connectivity index is 0.000001000. The Morgan fingerprint density at radius 1 is 1.36 bits per heavy atom. The Hall–Kier alpha value is 0.250. The molecule has 0 aromatic carbocycles. The monoisotopic (exact) mass is 177 g/mol. The first kappa shape index (κ1) is 11.2. The van der Waals surface area contributed by atoms with Crippen LogP contribution in [-0.2, 0) is 0 Å². The smallest absolute Gasteiger partial charge is 0.000491 e. The minimum Gasteiger partial charge on any atom is -0.319 e. The van der Waals surface area contributed by atoms with Gasteiger partial charge in [0.2, 0.25) is 0 Å². The van der Waals surface area contributed by atoms with Crippen molar-refractivity contribution >= 4 is 12.4 Å². The fourth-order valence-electron chi connectivity index (χ4n) is 1.87. The third-order valence-electron chi connectivity index (χ3n) is 2.35.